The molecule has 2 saturated heterocycles. The van der Waals surface area contributed by atoms with Gasteiger partial charge >= 0.3 is 0 Å². The molecule has 4 aromatic rings. The second kappa shape index (κ2) is 15.3. The summed E-state index contributed by atoms with van der Waals surface area (Å²) in [6.45, 7) is 8.62. The highest BCUT2D eigenvalue weighted by Gasteiger charge is 2.25. The third-order valence-electron chi connectivity index (χ3n) is 9.19. The van der Waals surface area contributed by atoms with Crippen molar-refractivity contribution in [3.63, 3.8) is 0 Å². The van der Waals surface area contributed by atoms with Gasteiger partial charge in [-0.1, -0.05) is 103 Å². The van der Waals surface area contributed by atoms with Crippen molar-refractivity contribution in [3.05, 3.63) is 138 Å². The number of hydrogen-bond acceptors (Lipinski definition) is 4. The fourth-order valence-electron chi connectivity index (χ4n) is 6.89. The molecule has 0 amide bonds. The maximum atomic E-state index is 6.52. The van der Waals surface area contributed by atoms with Crippen LogP contribution in [0.5, 0.6) is 5.75 Å². The van der Waals surface area contributed by atoms with Gasteiger partial charge in [0.2, 0.25) is 0 Å². The second-order valence-electron chi connectivity index (χ2n) is 12.5. The summed E-state index contributed by atoms with van der Waals surface area (Å²) >= 11 is 0. The lowest BCUT2D eigenvalue weighted by atomic mass is 9.90. The van der Waals surface area contributed by atoms with E-state index in [2.05, 4.69) is 130 Å². The fraction of sp³-hybridized carbons (Fsp3) is 0.385. The van der Waals surface area contributed by atoms with Crippen LogP contribution < -0.4 is 10.1 Å². The zero-order chi connectivity index (χ0) is 29.1. The van der Waals surface area contributed by atoms with Crippen LogP contribution in [0.25, 0.3) is 0 Å². The molecule has 4 heteroatoms. The minimum absolute atomic E-state index is 0.282. The van der Waals surface area contributed by atoms with Gasteiger partial charge in [-0.25, -0.2) is 0 Å². The average Bonchev–Trinajstić information content (AvgIpc) is 3.06. The summed E-state index contributed by atoms with van der Waals surface area (Å²) in [6, 6.07) is 41.5. The van der Waals surface area contributed by atoms with E-state index in [4.69, 9.17) is 4.74 Å². The summed E-state index contributed by atoms with van der Waals surface area (Å²) in [5.74, 6) is 2.12. The van der Waals surface area contributed by atoms with Gasteiger partial charge in [0.15, 0.2) is 0 Å². The molecule has 0 radical (unpaired) electrons. The third-order valence-corrected chi connectivity index (χ3v) is 9.19. The SMILES string of the molecule is c1ccc(CN2CCCC(CNCc3cccc(OC4CCN(CC(c5ccccc5)c5ccccc5)CC4)c3)C2)cc1. The molecular formula is C39H47N3O. The maximum Gasteiger partial charge on any atom is 0.120 e. The second-order valence-corrected chi connectivity index (χ2v) is 12.5. The molecular weight excluding hydrogens is 526 g/mol. The Bertz CT molecular complexity index is 1320. The molecule has 1 N–H and O–H groups in total. The van der Waals surface area contributed by atoms with Gasteiger partial charge in [0.1, 0.15) is 11.9 Å². The molecule has 1 unspecified atom stereocenters. The van der Waals surface area contributed by atoms with Gasteiger partial charge in [-0.3, -0.25) is 4.90 Å². The zero-order valence-corrected chi connectivity index (χ0v) is 25.5. The average molecular weight is 574 g/mol. The Morgan fingerprint density at radius 2 is 1.33 bits per heavy atom. The van der Waals surface area contributed by atoms with Crippen LogP contribution >= 0.6 is 0 Å². The quantitative estimate of drug-likeness (QED) is 0.192. The summed E-state index contributed by atoms with van der Waals surface area (Å²) in [5, 5.41) is 3.75. The first kappa shape index (κ1) is 29.6. The van der Waals surface area contributed by atoms with E-state index >= 15 is 0 Å². The molecule has 6 rings (SSSR count). The smallest absolute Gasteiger partial charge is 0.120 e. The van der Waals surface area contributed by atoms with E-state index in [9.17, 15) is 0 Å². The number of rotatable bonds is 12. The van der Waals surface area contributed by atoms with Crippen molar-refractivity contribution in [1.82, 2.24) is 15.1 Å². The zero-order valence-electron chi connectivity index (χ0n) is 25.5. The van der Waals surface area contributed by atoms with E-state index in [0.717, 1.165) is 57.9 Å². The molecule has 2 aliphatic rings. The predicted molar refractivity (Wildman–Crippen MR) is 177 cm³/mol. The number of likely N-dealkylation sites (tertiary alicyclic amines) is 2. The first-order valence-electron chi connectivity index (χ1n) is 16.3. The highest BCUT2D eigenvalue weighted by molar-refractivity contribution is 5.33. The topological polar surface area (TPSA) is 27.7 Å². The first-order chi connectivity index (χ1) is 21.3. The van der Waals surface area contributed by atoms with Gasteiger partial charge in [0.25, 0.3) is 0 Å². The molecule has 0 aromatic heterocycles. The monoisotopic (exact) mass is 573 g/mol. The van der Waals surface area contributed by atoms with Crippen LogP contribution in [0.15, 0.2) is 115 Å². The van der Waals surface area contributed by atoms with E-state index in [1.165, 1.54) is 48.2 Å². The Kier molecular flexibility index (Phi) is 10.6. The third kappa shape index (κ3) is 8.79. The van der Waals surface area contributed by atoms with Crippen molar-refractivity contribution in [2.75, 3.05) is 39.3 Å². The van der Waals surface area contributed by atoms with Gasteiger partial charge in [-0.15, -0.1) is 0 Å². The van der Waals surface area contributed by atoms with E-state index in [1.807, 2.05) is 0 Å². The van der Waals surface area contributed by atoms with Gasteiger partial charge in [0, 0.05) is 45.2 Å². The summed E-state index contributed by atoms with van der Waals surface area (Å²) in [7, 11) is 0. The lowest BCUT2D eigenvalue weighted by Gasteiger charge is -2.34. The highest BCUT2D eigenvalue weighted by Crippen LogP contribution is 2.28. The van der Waals surface area contributed by atoms with Gasteiger partial charge in [0.05, 0.1) is 0 Å². The highest BCUT2D eigenvalue weighted by atomic mass is 16.5. The van der Waals surface area contributed by atoms with E-state index in [0.29, 0.717) is 11.8 Å². The number of piperidine rings is 2. The van der Waals surface area contributed by atoms with Crippen LogP contribution in [-0.4, -0.2) is 55.2 Å². The molecule has 224 valence electrons. The van der Waals surface area contributed by atoms with Crippen molar-refractivity contribution in [3.8, 4) is 5.75 Å². The van der Waals surface area contributed by atoms with Crippen molar-refractivity contribution < 1.29 is 4.74 Å². The number of hydrogen-bond donors (Lipinski definition) is 1. The number of nitrogens with one attached hydrogen (secondary N) is 1. The molecule has 43 heavy (non-hydrogen) atoms. The normalized spacial score (nSPS) is 18.6. The van der Waals surface area contributed by atoms with Crippen LogP contribution in [0.2, 0.25) is 0 Å². The van der Waals surface area contributed by atoms with Crippen LogP contribution in [0, 0.1) is 5.92 Å². The summed E-state index contributed by atoms with van der Waals surface area (Å²) in [6.07, 6.45) is 5.03. The number of benzene rings is 4. The lowest BCUT2D eigenvalue weighted by Crippen LogP contribution is -2.40. The Balaban J connectivity index is 0.947. The minimum atomic E-state index is 0.282. The molecule has 2 aliphatic heterocycles. The van der Waals surface area contributed by atoms with E-state index in [1.54, 1.807) is 0 Å². The van der Waals surface area contributed by atoms with Crippen molar-refractivity contribution in [2.45, 2.75) is 50.8 Å². The van der Waals surface area contributed by atoms with Crippen LogP contribution in [0.1, 0.15) is 53.9 Å². The van der Waals surface area contributed by atoms with Gasteiger partial charge in [-0.2, -0.15) is 0 Å². The molecule has 0 bridgehead atoms. The van der Waals surface area contributed by atoms with Crippen molar-refractivity contribution >= 4 is 0 Å². The van der Waals surface area contributed by atoms with Crippen LogP contribution in [0.4, 0.5) is 0 Å². The molecule has 0 spiro atoms. The lowest BCUT2D eigenvalue weighted by molar-refractivity contribution is 0.0987. The Morgan fingerprint density at radius 1 is 0.674 bits per heavy atom. The van der Waals surface area contributed by atoms with E-state index < -0.39 is 0 Å². The standard InChI is InChI=1S/C39H47N3O/c1-4-12-32(13-5-1)29-42-23-11-15-34(30-42)28-40-27-33-14-10-20-38(26-33)43-37-21-24-41(25-22-37)31-39(35-16-6-2-7-17-35)36-18-8-3-9-19-36/h1-10,12-14,16-20,26,34,37,39-40H,11,15,21-25,27-31H2. The molecule has 4 nitrogen and oxygen atoms in total. The summed E-state index contributed by atoms with van der Waals surface area (Å²) in [4.78, 5) is 5.24. The number of ether oxygens (including phenoxy) is 1. The molecule has 0 aliphatic carbocycles. The summed E-state index contributed by atoms with van der Waals surface area (Å²) in [5.41, 5.74) is 5.51. The molecule has 2 fully saturated rings. The molecule has 0 saturated carbocycles. The number of nitrogens with zero attached hydrogens (tertiary/aromatic N) is 2. The van der Waals surface area contributed by atoms with Gasteiger partial charge < -0.3 is 15.0 Å². The van der Waals surface area contributed by atoms with Crippen molar-refractivity contribution in [2.24, 2.45) is 5.92 Å². The predicted octanol–water partition coefficient (Wildman–Crippen LogP) is 7.36. The molecule has 4 aromatic carbocycles. The van der Waals surface area contributed by atoms with Crippen molar-refractivity contribution in [1.29, 1.82) is 0 Å². The first-order valence-corrected chi connectivity index (χ1v) is 16.3. The van der Waals surface area contributed by atoms with Crippen LogP contribution in [-0.2, 0) is 13.1 Å². The molecule has 2 heterocycles. The summed E-state index contributed by atoms with van der Waals surface area (Å²) < 4.78 is 6.52. The van der Waals surface area contributed by atoms with Gasteiger partial charge in [-0.05, 0) is 79.1 Å². The Labute approximate surface area is 258 Å². The fourth-order valence-corrected chi connectivity index (χ4v) is 6.89. The maximum absolute atomic E-state index is 6.52. The van der Waals surface area contributed by atoms with Crippen LogP contribution in [0.3, 0.4) is 0 Å². The van der Waals surface area contributed by atoms with E-state index in [-0.39, 0.29) is 6.10 Å². The Hall–Kier alpha value is -3.44. The molecule has 1 atom stereocenters. The largest absolute Gasteiger partial charge is 0.490 e. The Morgan fingerprint density at radius 3 is 2.02 bits per heavy atom. The minimum Gasteiger partial charge on any atom is -0.490 e.